The maximum Gasteiger partial charge on any atom is 0.143 e. The van der Waals surface area contributed by atoms with E-state index < -0.39 is 5.82 Å². The van der Waals surface area contributed by atoms with E-state index in [1.54, 1.807) is 12.1 Å². The van der Waals surface area contributed by atoms with E-state index in [-0.39, 0.29) is 5.56 Å². The van der Waals surface area contributed by atoms with Crippen LogP contribution in [0.25, 0.3) is 0 Å². The summed E-state index contributed by atoms with van der Waals surface area (Å²) in [5.74, 6) is -0.500. The lowest BCUT2D eigenvalue weighted by molar-refractivity contribution is 0.624. The van der Waals surface area contributed by atoms with Gasteiger partial charge < -0.3 is 11.1 Å². The Hall–Kier alpha value is -2.54. The molecule has 96 valence electrons. The summed E-state index contributed by atoms with van der Waals surface area (Å²) in [6.45, 7) is 0.627. The molecule has 4 heteroatoms. The van der Waals surface area contributed by atoms with Gasteiger partial charge in [0.15, 0.2) is 0 Å². The molecule has 0 aliphatic carbocycles. The standard InChI is InChI=1S/C15H14FN3/c16-14-2-1-3-15(13(14)10-17)19-9-8-11-4-6-12(18)7-5-11/h1-7,19H,8-9,18H2. The number of nitrogens with two attached hydrogens (primary N) is 1. The highest BCUT2D eigenvalue weighted by molar-refractivity contribution is 5.57. The minimum absolute atomic E-state index is 0.0554. The maximum absolute atomic E-state index is 13.4. The second kappa shape index (κ2) is 5.87. The quantitative estimate of drug-likeness (QED) is 0.826. The van der Waals surface area contributed by atoms with Gasteiger partial charge in [-0.1, -0.05) is 18.2 Å². The van der Waals surface area contributed by atoms with E-state index >= 15 is 0 Å². The third kappa shape index (κ3) is 3.23. The topological polar surface area (TPSA) is 61.8 Å². The molecular formula is C15H14FN3. The van der Waals surface area contributed by atoms with Crippen molar-refractivity contribution < 1.29 is 4.39 Å². The summed E-state index contributed by atoms with van der Waals surface area (Å²) in [5, 5.41) is 12.0. The van der Waals surface area contributed by atoms with Crippen LogP contribution in [0.1, 0.15) is 11.1 Å². The van der Waals surface area contributed by atoms with Crippen molar-refractivity contribution in [3.8, 4) is 6.07 Å². The molecule has 0 unspecified atom stereocenters. The number of nitrogens with zero attached hydrogens (tertiary/aromatic N) is 1. The first kappa shape index (κ1) is 12.9. The predicted octanol–water partition coefficient (Wildman–Crippen LogP) is 2.93. The number of benzene rings is 2. The molecule has 0 fully saturated rings. The molecule has 0 atom stereocenters. The average Bonchev–Trinajstić information content (AvgIpc) is 2.41. The monoisotopic (exact) mass is 255 g/mol. The second-order valence-corrected chi connectivity index (χ2v) is 4.19. The van der Waals surface area contributed by atoms with Crippen LogP contribution < -0.4 is 11.1 Å². The van der Waals surface area contributed by atoms with Gasteiger partial charge in [0.2, 0.25) is 0 Å². The lowest BCUT2D eigenvalue weighted by Crippen LogP contribution is -2.07. The number of hydrogen-bond acceptors (Lipinski definition) is 3. The molecule has 0 saturated carbocycles. The number of nitrogens with one attached hydrogen (secondary N) is 1. The van der Waals surface area contributed by atoms with E-state index in [4.69, 9.17) is 11.0 Å². The molecule has 0 heterocycles. The number of nitrogen functional groups attached to an aromatic ring is 1. The maximum atomic E-state index is 13.4. The SMILES string of the molecule is N#Cc1c(F)cccc1NCCc1ccc(N)cc1. The smallest absolute Gasteiger partial charge is 0.143 e. The molecule has 0 bridgehead atoms. The van der Waals surface area contributed by atoms with Gasteiger partial charge in [-0.05, 0) is 36.2 Å². The fourth-order valence-corrected chi connectivity index (χ4v) is 1.81. The fourth-order valence-electron chi connectivity index (χ4n) is 1.81. The van der Waals surface area contributed by atoms with E-state index in [1.165, 1.54) is 6.07 Å². The minimum atomic E-state index is -0.500. The molecule has 3 N–H and O–H groups in total. The van der Waals surface area contributed by atoms with Gasteiger partial charge in [-0.25, -0.2) is 4.39 Å². The summed E-state index contributed by atoms with van der Waals surface area (Å²) in [5.41, 5.74) is 8.05. The minimum Gasteiger partial charge on any atom is -0.399 e. The van der Waals surface area contributed by atoms with Gasteiger partial charge in [0, 0.05) is 12.2 Å². The Balaban J connectivity index is 1.98. The molecule has 0 aliphatic heterocycles. The van der Waals surface area contributed by atoms with Crippen molar-refractivity contribution in [2.24, 2.45) is 0 Å². The van der Waals surface area contributed by atoms with Crippen molar-refractivity contribution >= 4 is 11.4 Å². The normalized spacial score (nSPS) is 9.89. The van der Waals surface area contributed by atoms with Crippen molar-refractivity contribution in [3.05, 3.63) is 59.4 Å². The summed E-state index contributed by atoms with van der Waals surface area (Å²) in [6, 6.07) is 14.0. The number of halogens is 1. The molecule has 0 spiro atoms. The molecule has 2 aromatic rings. The Morgan fingerprint density at radius 2 is 1.89 bits per heavy atom. The summed E-state index contributed by atoms with van der Waals surface area (Å²) >= 11 is 0. The highest BCUT2D eigenvalue weighted by Crippen LogP contribution is 2.17. The Morgan fingerprint density at radius 3 is 2.58 bits per heavy atom. The van der Waals surface area contributed by atoms with Crippen LogP contribution in [-0.4, -0.2) is 6.54 Å². The molecule has 19 heavy (non-hydrogen) atoms. The molecule has 0 aromatic heterocycles. The van der Waals surface area contributed by atoms with Gasteiger partial charge in [-0.2, -0.15) is 5.26 Å². The zero-order valence-electron chi connectivity index (χ0n) is 10.4. The average molecular weight is 255 g/mol. The predicted molar refractivity (Wildman–Crippen MR) is 74.2 cm³/mol. The first-order valence-electron chi connectivity index (χ1n) is 5.97. The summed E-state index contributed by atoms with van der Waals surface area (Å²) in [4.78, 5) is 0. The van der Waals surface area contributed by atoms with Crippen LogP contribution in [0.5, 0.6) is 0 Å². The van der Waals surface area contributed by atoms with E-state index in [2.05, 4.69) is 5.32 Å². The van der Waals surface area contributed by atoms with Crippen LogP contribution in [-0.2, 0) is 6.42 Å². The van der Waals surface area contributed by atoms with Gasteiger partial charge in [0.1, 0.15) is 17.4 Å². The number of rotatable bonds is 4. The molecule has 0 amide bonds. The van der Waals surface area contributed by atoms with E-state index in [0.717, 1.165) is 17.7 Å². The lowest BCUT2D eigenvalue weighted by Gasteiger charge is -2.08. The van der Waals surface area contributed by atoms with Gasteiger partial charge in [0.25, 0.3) is 0 Å². The van der Waals surface area contributed by atoms with Crippen LogP contribution in [0.15, 0.2) is 42.5 Å². The van der Waals surface area contributed by atoms with Gasteiger partial charge in [-0.15, -0.1) is 0 Å². The Morgan fingerprint density at radius 1 is 1.16 bits per heavy atom. The van der Waals surface area contributed by atoms with Gasteiger partial charge in [0.05, 0.1) is 5.69 Å². The van der Waals surface area contributed by atoms with Crippen molar-refractivity contribution in [2.75, 3.05) is 17.6 Å². The molecule has 3 nitrogen and oxygen atoms in total. The molecule has 2 rings (SSSR count). The first-order chi connectivity index (χ1) is 9.20. The van der Waals surface area contributed by atoms with E-state index in [9.17, 15) is 4.39 Å². The van der Waals surface area contributed by atoms with Crippen molar-refractivity contribution in [2.45, 2.75) is 6.42 Å². The molecule has 0 aliphatic rings. The van der Waals surface area contributed by atoms with Gasteiger partial charge in [-0.3, -0.25) is 0 Å². The molecular weight excluding hydrogens is 241 g/mol. The van der Waals surface area contributed by atoms with Crippen molar-refractivity contribution in [1.29, 1.82) is 5.26 Å². The van der Waals surface area contributed by atoms with Crippen LogP contribution in [0.3, 0.4) is 0 Å². The van der Waals surface area contributed by atoms with Crippen molar-refractivity contribution in [3.63, 3.8) is 0 Å². The summed E-state index contributed by atoms with van der Waals surface area (Å²) in [7, 11) is 0. The number of anilines is 2. The van der Waals surface area contributed by atoms with Crippen LogP contribution in [0.2, 0.25) is 0 Å². The zero-order chi connectivity index (χ0) is 13.7. The van der Waals surface area contributed by atoms with Crippen LogP contribution >= 0.6 is 0 Å². The Kier molecular flexibility index (Phi) is 3.99. The summed E-state index contributed by atoms with van der Waals surface area (Å²) in [6.07, 6.45) is 0.779. The summed E-state index contributed by atoms with van der Waals surface area (Å²) < 4.78 is 13.4. The highest BCUT2D eigenvalue weighted by Gasteiger charge is 2.06. The second-order valence-electron chi connectivity index (χ2n) is 4.19. The van der Waals surface area contributed by atoms with E-state index in [1.807, 2.05) is 30.3 Å². The zero-order valence-corrected chi connectivity index (χ0v) is 10.4. The molecule has 2 aromatic carbocycles. The van der Waals surface area contributed by atoms with E-state index in [0.29, 0.717) is 12.2 Å². The largest absolute Gasteiger partial charge is 0.399 e. The Labute approximate surface area is 111 Å². The fraction of sp³-hybridized carbons (Fsp3) is 0.133. The van der Waals surface area contributed by atoms with Crippen molar-refractivity contribution in [1.82, 2.24) is 0 Å². The van der Waals surface area contributed by atoms with Crippen LogP contribution in [0.4, 0.5) is 15.8 Å². The lowest BCUT2D eigenvalue weighted by atomic mass is 10.1. The third-order valence-electron chi connectivity index (χ3n) is 2.83. The molecule has 0 radical (unpaired) electrons. The highest BCUT2D eigenvalue weighted by atomic mass is 19.1. The third-order valence-corrected chi connectivity index (χ3v) is 2.83. The number of hydrogen-bond donors (Lipinski definition) is 2. The molecule has 0 saturated heterocycles. The Bertz CT molecular complexity index is 600. The number of nitriles is 1. The van der Waals surface area contributed by atoms with Crippen LogP contribution in [0, 0.1) is 17.1 Å². The van der Waals surface area contributed by atoms with Gasteiger partial charge >= 0.3 is 0 Å². The first-order valence-corrected chi connectivity index (χ1v) is 5.97.